The summed E-state index contributed by atoms with van der Waals surface area (Å²) in [5, 5.41) is 8.43. The number of carbonyl (C=O) groups is 1. The van der Waals surface area contributed by atoms with Crippen LogP contribution in [0.1, 0.15) is 18.9 Å². The van der Waals surface area contributed by atoms with Crippen LogP contribution in [0.2, 0.25) is 0 Å². The Labute approximate surface area is 101 Å². The van der Waals surface area contributed by atoms with E-state index in [2.05, 4.69) is 0 Å². The monoisotopic (exact) mass is 242 g/mol. The van der Waals surface area contributed by atoms with Crippen LogP contribution in [-0.2, 0) is 4.79 Å². The van der Waals surface area contributed by atoms with Crippen LogP contribution in [0.4, 0.5) is 0 Å². The Balaban J connectivity index is 0.00000225. The topological polar surface area (TPSA) is 46.5 Å². The summed E-state index contributed by atoms with van der Waals surface area (Å²) in [5.74, 6) is -0.134. The molecular formula is C12H15ClO3. The van der Waals surface area contributed by atoms with E-state index in [-0.39, 0.29) is 12.4 Å². The van der Waals surface area contributed by atoms with Crippen LogP contribution in [0, 0.1) is 0 Å². The van der Waals surface area contributed by atoms with Crippen LogP contribution in [-0.4, -0.2) is 17.7 Å². The lowest BCUT2D eigenvalue weighted by Crippen LogP contribution is -1.94. The van der Waals surface area contributed by atoms with Gasteiger partial charge in [0.1, 0.15) is 5.75 Å². The lowest BCUT2D eigenvalue weighted by molar-refractivity contribution is -0.131. The second-order valence-corrected chi connectivity index (χ2v) is 3.09. The van der Waals surface area contributed by atoms with Crippen molar-refractivity contribution < 1.29 is 14.6 Å². The molecule has 0 amide bonds. The third kappa shape index (κ3) is 5.41. The molecule has 0 aliphatic heterocycles. The number of carboxylic acids is 1. The highest BCUT2D eigenvalue weighted by Crippen LogP contribution is 2.13. The van der Waals surface area contributed by atoms with Gasteiger partial charge >= 0.3 is 5.97 Å². The van der Waals surface area contributed by atoms with Crippen molar-refractivity contribution in [1.29, 1.82) is 0 Å². The van der Waals surface area contributed by atoms with Gasteiger partial charge in [-0.05, 0) is 30.2 Å². The first-order valence-corrected chi connectivity index (χ1v) is 4.86. The second kappa shape index (κ2) is 7.77. The van der Waals surface area contributed by atoms with E-state index in [0.29, 0.717) is 6.61 Å². The molecule has 1 rings (SSSR count). The average Bonchev–Trinajstić information content (AvgIpc) is 2.25. The predicted octanol–water partition coefficient (Wildman–Crippen LogP) is 3.00. The molecule has 16 heavy (non-hydrogen) atoms. The minimum Gasteiger partial charge on any atom is -0.494 e. The molecule has 1 N–H and O–H groups in total. The van der Waals surface area contributed by atoms with Gasteiger partial charge in [-0.3, -0.25) is 0 Å². The van der Waals surface area contributed by atoms with E-state index in [9.17, 15) is 4.79 Å². The highest BCUT2D eigenvalue weighted by molar-refractivity contribution is 5.85. The van der Waals surface area contributed by atoms with E-state index in [4.69, 9.17) is 9.84 Å². The van der Waals surface area contributed by atoms with Crippen LogP contribution in [0.5, 0.6) is 5.75 Å². The highest BCUT2D eigenvalue weighted by atomic mass is 35.5. The zero-order valence-electron chi connectivity index (χ0n) is 9.05. The van der Waals surface area contributed by atoms with Gasteiger partial charge in [0, 0.05) is 6.08 Å². The molecule has 0 spiro atoms. The predicted molar refractivity (Wildman–Crippen MR) is 66.1 cm³/mol. The van der Waals surface area contributed by atoms with Crippen molar-refractivity contribution in [3.8, 4) is 5.75 Å². The summed E-state index contributed by atoms with van der Waals surface area (Å²) >= 11 is 0. The highest BCUT2D eigenvalue weighted by Gasteiger charge is 1.93. The van der Waals surface area contributed by atoms with E-state index in [0.717, 1.165) is 23.8 Å². The van der Waals surface area contributed by atoms with Gasteiger partial charge in [-0.2, -0.15) is 0 Å². The summed E-state index contributed by atoms with van der Waals surface area (Å²) in [6.45, 7) is 2.74. The first-order valence-electron chi connectivity index (χ1n) is 4.86. The van der Waals surface area contributed by atoms with E-state index >= 15 is 0 Å². The molecule has 3 nitrogen and oxygen atoms in total. The Morgan fingerprint density at radius 2 is 2.00 bits per heavy atom. The maximum Gasteiger partial charge on any atom is 0.328 e. The standard InChI is InChI=1S/C12H14O3.ClH/c1-2-9-15-11-6-3-10(4-7-11)5-8-12(13)14;/h3-8H,2,9H2,1H3,(H,13,14);1H. The fraction of sp³-hybridized carbons (Fsp3) is 0.250. The molecule has 0 saturated heterocycles. The molecule has 0 atom stereocenters. The average molecular weight is 243 g/mol. The number of hydrogen-bond acceptors (Lipinski definition) is 2. The Kier molecular flexibility index (Phi) is 7.05. The summed E-state index contributed by atoms with van der Waals surface area (Å²) in [6.07, 6.45) is 3.63. The van der Waals surface area contributed by atoms with Gasteiger partial charge in [0.2, 0.25) is 0 Å². The molecule has 0 unspecified atom stereocenters. The van der Waals surface area contributed by atoms with E-state index in [1.165, 1.54) is 0 Å². The third-order valence-corrected chi connectivity index (χ3v) is 1.77. The van der Waals surface area contributed by atoms with Crippen LogP contribution in [0.25, 0.3) is 6.08 Å². The molecule has 0 radical (unpaired) electrons. The van der Waals surface area contributed by atoms with Crippen molar-refractivity contribution in [2.75, 3.05) is 6.61 Å². The van der Waals surface area contributed by atoms with E-state index < -0.39 is 5.97 Å². The van der Waals surface area contributed by atoms with Gasteiger partial charge in [0.05, 0.1) is 6.61 Å². The van der Waals surface area contributed by atoms with Crippen LogP contribution >= 0.6 is 12.4 Å². The normalized spacial score (nSPS) is 9.81. The lowest BCUT2D eigenvalue weighted by atomic mass is 10.2. The molecule has 0 heterocycles. The maximum atomic E-state index is 10.3. The summed E-state index contributed by atoms with van der Waals surface area (Å²) in [7, 11) is 0. The van der Waals surface area contributed by atoms with E-state index in [1.54, 1.807) is 6.08 Å². The number of benzene rings is 1. The van der Waals surface area contributed by atoms with Crippen molar-refractivity contribution in [3.05, 3.63) is 35.9 Å². The van der Waals surface area contributed by atoms with Crippen molar-refractivity contribution in [2.24, 2.45) is 0 Å². The zero-order chi connectivity index (χ0) is 11.1. The van der Waals surface area contributed by atoms with Gasteiger partial charge in [0.15, 0.2) is 0 Å². The molecule has 0 aromatic heterocycles. The SMILES string of the molecule is CCCOc1ccc(C=CC(=O)O)cc1.Cl. The molecule has 0 aliphatic carbocycles. The van der Waals surface area contributed by atoms with Gasteiger partial charge in [0.25, 0.3) is 0 Å². The largest absolute Gasteiger partial charge is 0.494 e. The van der Waals surface area contributed by atoms with Gasteiger partial charge in [-0.15, -0.1) is 12.4 Å². The molecule has 1 aromatic carbocycles. The van der Waals surface area contributed by atoms with Crippen LogP contribution in [0.3, 0.4) is 0 Å². The Hall–Kier alpha value is -1.48. The Bertz CT molecular complexity index is 344. The summed E-state index contributed by atoms with van der Waals surface area (Å²) in [6, 6.07) is 7.31. The number of aliphatic carboxylic acids is 1. The van der Waals surface area contributed by atoms with Crippen molar-refractivity contribution in [2.45, 2.75) is 13.3 Å². The zero-order valence-corrected chi connectivity index (χ0v) is 9.87. The van der Waals surface area contributed by atoms with Gasteiger partial charge in [-0.25, -0.2) is 4.79 Å². The first-order chi connectivity index (χ1) is 7.22. The number of hydrogen-bond donors (Lipinski definition) is 1. The molecule has 0 fully saturated rings. The molecule has 0 bridgehead atoms. The maximum absolute atomic E-state index is 10.3. The summed E-state index contributed by atoms with van der Waals surface area (Å²) in [5.41, 5.74) is 0.848. The Morgan fingerprint density at radius 3 is 2.50 bits per heavy atom. The number of carboxylic acid groups (broad SMARTS) is 1. The number of halogens is 1. The summed E-state index contributed by atoms with van der Waals surface area (Å²) in [4.78, 5) is 10.3. The third-order valence-electron chi connectivity index (χ3n) is 1.77. The number of rotatable bonds is 5. The first kappa shape index (κ1) is 14.5. The molecule has 0 saturated carbocycles. The smallest absolute Gasteiger partial charge is 0.328 e. The summed E-state index contributed by atoms with van der Waals surface area (Å²) < 4.78 is 5.40. The molecule has 1 aromatic rings. The van der Waals surface area contributed by atoms with E-state index in [1.807, 2.05) is 31.2 Å². The fourth-order valence-corrected chi connectivity index (χ4v) is 1.06. The van der Waals surface area contributed by atoms with Crippen molar-refractivity contribution >= 4 is 24.5 Å². The lowest BCUT2D eigenvalue weighted by Gasteiger charge is -2.03. The minimum absolute atomic E-state index is 0. The molecule has 4 heteroatoms. The quantitative estimate of drug-likeness (QED) is 0.808. The Morgan fingerprint density at radius 1 is 1.38 bits per heavy atom. The van der Waals surface area contributed by atoms with Crippen LogP contribution in [0.15, 0.2) is 30.3 Å². The van der Waals surface area contributed by atoms with Gasteiger partial charge < -0.3 is 9.84 Å². The molecular weight excluding hydrogens is 228 g/mol. The molecule has 88 valence electrons. The number of ether oxygens (including phenoxy) is 1. The minimum atomic E-state index is -0.943. The van der Waals surface area contributed by atoms with Crippen molar-refractivity contribution in [3.63, 3.8) is 0 Å². The van der Waals surface area contributed by atoms with Crippen LogP contribution < -0.4 is 4.74 Å². The van der Waals surface area contributed by atoms with Gasteiger partial charge in [-0.1, -0.05) is 19.1 Å². The molecule has 0 aliphatic rings. The second-order valence-electron chi connectivity index (χ2n) is 3.09. The van der Waals surface area contributed by atoms with Crippen molar-refractivity contribution in [1.82, 2.24) is 0 Å². The fourth-order valence-electron chi connectivity index (χ4n) is 1.06.